The van der Waals surface area contributed by atoms with Crippen LogP contribution in [0.25, 0.3) is 21.1 Å². The Hall–Kier alpha value is -1.59. The van der Waals surface area contributed by atoms with Crippen LogP contribution in [0.5, 0.6) is 0 Å². The van der Waals surface area contributed by atoms with Crippen molar-refractivity contribution in [3.8, 4) is 0 Å². The Balaban J connectivity index is 2.54. The zero-order valence-electron chi connectivity index (χ0n) is 12.9. The Morgan fingerprint density at radius 3 is 2.67 bits per heavy atom. The first-order valence-corrected chi connectivity index (χ1v) is 11.2. The lowest BCUT2D eigenvalue weighted by Gasteiger charge is -2.16. The van der Waals surface area contributed by atoms with E-state index < -0.39 is 8.07 Å². The molecule has 0 fully saturated rings. The number of aryl methyl sites for hydroxylation is 1. The molecule has 0 saturated carbocycles. The molecule has 0 aliphatic carbocycles. The number of benzene rings is 1. The fraction of sp³-hybridized carbons (Fsp3) is 0.312. The van der Waals surface area contributed by atoms with Gasteiger partial charge in [-0.05, 0) is 35.0 Å². The van der Waals surface area contributed by atoms with Crippen molar-refractivity contribution in [1.29, 1.82) is 0 Å². The van der Waals surface area contributed by atoms with E-state index in [2.05, 4.69) is 25.0 Å². The van der Waals surface area contributed by atoms with Crippen molar-refractivity contribution < 1.29 is 13.9 Å². The van der Waals surface area contributed by atoms with Gasteiger partial charge in [0.1, 0.15) is 16.9 Å². The Labute approximate surface area is 128 Å². The van der Waals surface area contributed by atoms with Crippen LogP contribution in [0.4, 0.5) is 0 Å². The number of methoxy groups -OCH3 is 1. The molecule has 0 aliphatic heterocycles. The van der Waals surface area contributed by atoms with Crippen LogP contribution in [-0.4, -0.2) is 21.2 Å². The largest absolute Gasteiger partial charge is 0.465 e. The molecular weight excluding hydrogens is 300 g/mol. The summed E-state index contributed by atoms with van der Waals surface area (Å²) in [6.07, 6.45) is 0. The molecule has 0 saturated heterocycles. The van der Waals surface area contributed by atoms with Crippen LogP contribution < -0.4 is 5.19 Å². The molecule has 5 heteroatoms. The van der Waals surface area contributed by atoms with Crippen molar-refractivity contribution >= 4 is 51.6 Å². The van der Waals surface area contributed by atoms with Gasteiger partial charge in [-0.1, -0.05) is 19.6 Å². The highest BCUT2D eigenvalue weighted by Crippen LogP contribution is 2.35. The molecule has 1 aromatic carbocycles. The first kappa shape index (κ1) is 14.3. The molecule has 0 bridgehead atoms. The van der Waals surface area contributed by atoms with E-state index in [0.29, 0.717) is 11.1 Å². The van der Waals surface area contributed by atoms with E-state index in [1.165, 1.54) is 17.0 Å². The van der Waals surface area contributed by atoms with Crippen LogP contribution in [0.3, 0.4) is 0 Å². The number of esters is 1. The molecule has 3 nitrogen and oxygen atoms in total. The summed E-state index contributed by atoms with van der Waals surface area (Å²) in [4.78, 5) is 12.1. The molecular formula is C16H18O3SSi. The van der Waals surface area contributed by atoms with Gasteiger partial charge in [-0.2, -0.15) is 0 Å². The molecule has 3 aromatic rings. The van der Waals surface area contributed by atoms with Gasteiger partial charge in [0.05, 0.1) is 15.2 Å². The third kappa shape index (κ3) is 2.11. The molecule has 2 aromatic heterocycles. The van der Waals surface area contributed by atoms with Gasteiger partial charge in [-0.3, -0.25) is 0 Å². The number of carbonyl (C=O) groups is 1. The van der Waals surface area contributed by atoms with Gasteiger partial charge in [0.2, 0.25) is 0 Å². The number of fused-ring (bicyclic) bond motifs is 3. The Bertz CT molecular complexity index is 852. The fourth-order valence-electron chi connectivity index (χ4n) is 2.97. The van der Waals surface area contributed by atoms with Gasteiger partial charge >= 0.3 is 5.97 Å². The van der Waals surface area contributed by atoms with Crippen LogP contribution in [0.1, 0.15) is 16.1 Å². The summed E-state index contributed by atoms with van der Waals surface area (Å²) in [6.45, 7) is 8.89. The lowest BCUT2D eigenvalue weighted by molar-refractivity contribution is 0.0602. The number of thiophene rings is 1. The summed E-state index contributed by atoms with van der Waals surface area (Å²) in [5.41, 5.74) is 1.19. The highest BCUT2D eigenvalue weighted by atomic mass is 32.1. The maximum Gasteiger partial charge on any atom is 0.341 e. The van der Waals surface area contributed by atoms with Gasteiger partial charge in [0.25, 0.3) is 0 Å². The minimum absolute atomic E-state index is 0.344. The predicted octanol–water partition coefficient (Wildman–Crippen LogP) is 4.29. The van der Waals surface area contributed by atoms with E-state index >= 15 is 0 Å². The summed E-state index contributed by atoms with van der Waals surface area (Å²) >= 11 is 1.70. The van der Waals surface area contributed by atoms with Crippen LogP contribution in [0.15, 0.2) is 21.9 Å². The van der Waals surface area contributed by atoms with E-state index in [4.69, 9.17) is 9.15 Å². The lowest BCUT2D eigenvalue weighted by Crippen LogP contribution is -2.38. The Kier molecular flexibility index (Phi) is 3.22. The third-order valence-corrected chi connectivity index (χ3v) is 6.76. The number of hydrogen-bond donors (Lipinski definition) is 0. The second-order valence-corrected chi connectivity index (χ2v) is 12.2. The van der Waals surface area contributed by atoms with Gasteiger partial charge in [0.15, 0.2) is 0 Å². The third-order valence-electron chi connectivity index (χ3n) is 3.71. The molecule has 110 valence electrons. The number of furan rings is 1. The van der Waals surface area contributed by atoms with E-state index in [9.17, 15) is 4.79 Å². The first-order valence-electron chi connectivity index (χ1n) is 6.86. The minimum atomic E-state index is -1.59. The predicted molar refractivity (Wildman–Crippen MR) is 90.7 cm³/mol. The molecule has 0 radical (unpaired) electrons. The van der Waals surface area contributed by atoms with Gasteiger partial charge in [0, 0.05) is 10.1 Å². The zero-order valence-corrected chi connectivity index (χ0v) is 14.7. The average molecular weight is 318 g/mol. The SMILES string of the molecule is COC(=O)c1cc2ccsc2c2c([Si](C)(C)C)c(C)oc12. The highest BCUT2D eigenvalue weighted by Gasteiger charge is 2.29. The summed E-state index contributed by atoms with van der Waals surface area (Å²) in [6, 6.07) is 3.92. The molecule has 0 N–H and O–H groups in total. The normalized spacial score (nSPS) is 12.2. The van der Waals surface area contributed by atoms with Crippen LogP contribution in [-0.2, 0) is 4.74 Å². The average Bonchev–Trinajstić information content (AvgIpc) is 2.98. The van der Waals surface area contributed by atoms with Crippen molar-refractivity contribution in [3.63, 3.8) is 0 Å². The van der Waals surface area contributed by atoms with Crippen LogP contribution >= 0.6 is 11.3 Å². The van der Waals surface area contributed by atoms with Crippen molar-refractivity contribution in [2.75, 3.05) is 7.11 Å². The lowest BCUT2D eigenvalue weighted by atomic mass is 10.1. The number of ether oxygens (including phenoxy) is 1. The Morgan fingerprint density at radius 1 is 1.33 bits per heavy atom. The highest BCUT2D eigenvalue weighted by molar-refractivity contribution is 7.18. The summed E-state index contributed by atoms with van der Waals surface area (Å²) in [5, 5.41) is 5.55. The molecule has 21 heavy (non-hydrogen) atoms. The molecule has 0 spiro atoms. The second-order valence-electron chi connectivity index (χ2n) is 6.24. The maximum atomic E-state index is 12.1. The topological polar surface area (TPSA) is 39.4 Å². The van der Waals surface area contributed by atoms with Crippen molar-refractivity contribution in [2.24, 2.45) is 0 Å². The smallest absolute Gasteiger partial charge is 0.341 e. The summed E-state index contributed by atoms with van der Waals surface area (Å²) in [5.74, 6) is 0.583. The fourth-order valence-corrected chi connectivity index (χ4v) is 6.09. The van der Waals surface area contributed by atoms with Crippen molar-refractivity contribution in [1.82, 2.24) is 0 Å². The Morgan fingerprint density at radius 2 is 2.05 bits per heavy atom. The quantitative estimate of drug-likeness (QED) is 0.523. The second kappa shape index (κ2) is 4.71. The van der Waals surface area contributed by atoms with Gasteiger partial charge < -0.3 is 9.15 Å². The number of carbonyl (C=O) groups excluding carboxylic acids is 1. The summed E-state index contributed by atoms with van der Waals surface area (Å²) < 4.78 is 12.1. The van der Waals surface area contributed by atoms with Crippen molar-refractivity contribution in [2.45, 2.75) is 26.6 Å². The number of hydrogen-bond acceptors (Lipinski definition) is 4. The molecule has 0 atom stereocenters. The van der Waals surface area contributed by atoms with Crippen molar-refractivity contribution in [3.05, 3.63) is 28.8 Å². The van der Waals surface area contributed by atoms with Crippen LogP contribution in [0, 0.1) is 6.92 Å². The molecule has 2 heterocycles. The zero-order chi connectivity index (χ0) is 15.4. The monoisotopic (exact) mass is 318 g/mol. The summed E-state index contributed by atoms with van der Waals surface area (Å²) in [7, 11) is -0.184. The van der Waals surface area contributed by atoms with Crippen LogP contribution in [0.2, 0.25) is 19.6 Å². The molecule has 0 aliphatic rings. The maximum absolute atomic E-state index is 12.1. The van der Waals surface area contributed by atoms with Gasteiger partial charge in [-0.25, -0.2) is 4.79 Å². The van der Waals surface area contributed by atoms with E-state index in [1.54, 1.807) is 11.3 Å². The van der Waals surface area contributed by atoms with E-state index in [-0.39, 0.29) is 5.97 Å². The minimum Gasteiger partial charge on any atom is -0.465 e. The molecule has 3 rings (SSSR count). The van der Waals surface area contributed by atoms with E-state index in [0.717, 1.165) is 16.5 Å². The standard InChI is InChI=1S/C16H18O3SSi/c1-9-15(21(3,4)5)12-13(19-9)11(16(17)18-2)8-10-6-7-20-14(10)12/h6-8H,1-5H3. The molecule has 0 unspecified atom stereocenters. The number of rotatable bonds is 2. The first-order chi connectivity index (χ1) is 9.84. The van der Waals surface area contributed by atoms with E-state index in [1.807, 2.05) is 19.1 Å². The van der Waals surface area contributed by atoms with Gasteiger partial charge in [-0.15, -0.1) is 11.3 Å². The molecule has 0 amide bonds.